The van der Waals surface area contributed by atoms with Crippen LogP contribution in [0.15, 0.2) is 0 Å². The van der Waals surface area contributed by atoms with Crippen molar-refractivity contribution in [1.29, 1.82) is 0 Å². The Kier molecular flexibility index (Phi) is 3.05. The van der Waals surface area contributed by atoms with Crippen LogP contribution >= 0.6 is 11.8 Å². The fraction of sp³-hybridized carbons (Fsp3) is 1.00. The Hall–Kier alpha value is 0.310. The Morgan fingerprint density at radius 2 is 2.40 bits per heavy atom. The minimum Gasteiger partial charge on any atom is -0.302 e. The lowest BCUT2D eigenvalue weighted by Crippen LogP contribution is -2.31. The van der Waals surface area contributed by atoms with Crippen LogP contribution in [0.2, 0.25) is 0 Å². The minimum atomic E-state index is 0.722. The van der Waals surface area contributed by atoms with Crippen LogP contribution in [-0.4, -0.2) is 17.2 Å². The third-order valence-electron chi connectivity index (χ3n) is 2.14. The molecule has 0 radical (unpaired) electrons. The topological polar surface area (TPSA) is 12.0 Å². The summed E-state index contributed by atoms with van der Waals surface area (Å²) < 4.78 is 0. The molecule has 60 valence electrons. The maximum atomic E-state index is 3.57. The average molecular weight is 159 g/mol. The monoisotopic (exact) mass is 159 g/mol. The smallest absolute Gasteiger partial charge is 0.0560 e. The van der Waals surface area contributed by atoms with Crippen molar-refractivity contribution in [3.63, 3.8) is 0 Å². The predicted molar refractivity (Wildman–Crippen MR) is 48.3 cm³/mol. The van der Waals surface area contributed by atoms with Gasteiger partial charge in [0.15, 0.2) is 0 Å². The second-order valence-corrected chi connectivity index (χ2v) is 4.38. The molecule has 1 rings (SSSR count). The van der Waals surface area contributed by atoms with E-state index in [1.807, 2.05) is 0 Å². The van der Waals surface area contributed by atoms with Gasteiger partial charge in [-0.25, -0.2) is 0 Å². The van der Waals surface area contributed by atoms with Crippen LogP contribution in [0, 0.1) is 5.92 Å². The quantitative estimate of drug-likeness (QED) is 0.662. The highest BCUT2D eigenvalue weighted by Gasteiger charge is 2.24. The second kappa shape index (κ2) is 3.63. The molecule has 0 aliphatic carbocycles. The SMILES string of the molecule is CCC(C)C1NC(C)CS1. The van der Waals surface area contributed by atoms with Crippen molar-refractivity contribution in [2.45, 2.75) is 38.6 Å². The number of hydrogen-bond donors (Lipinski definition) is 1. The van der Waals surface area contributed by atoms with E-state index in [9.17, 15) is 0 Å². The van der Waals surface area contributed by atoms with Crippen molar-refractivity contribution in [3.8, 4) is 0 Å². The molecule has 0 spiro atoms. The maximum Gasteiger partial charge on any atom is 0.0560 e. The van der Waals surface area contributed by atoms with Gasteiger partial charge in [-0.05, 0) is 12.8 Å². The van der Waals surface area contributed by atoms with Gasteiger partial charge in [-0.2, -0.15) is 0 Å². The van der Waals surface area contributed by atoms with Crippen molar-refractivity contribution >= 4 is 11.8 Å². The molecule has 0 aromatic carbocycles. The normalized spacial score (nSPS) is 36.3. The Labute approximate surface area is 68.0 Å². The first-order valence-electron chi connectivity index (χ1n) is 4.11. The molecule has 10 heavy (non-hydrogen) atoms. The summed E-state index contributed by atoms with van der Waals surface area (Å²) in [6, 6.07) is 0.726. The van der Waals surface area contributed by atoms with E-state index in [4.69, 9.17) is 0 Å². The van der Waals surface area contributed by atoms with Crippen molar-refractivity contribution in [2.24, 2.45) is 5.92 Å². The Balaban J connectivity index is 2.29. The van der Waals surface area contributed by atoms with E-state index >= 15 is 0 Å². The van der Waals surface area contributed by atoms with E-state index in [0.717, 1.165) is 17.3 Å². The molecule has 1 saturated heterocycles. The molecular weight excluding hydrogens is 142 g/mol. The third-order valence-corrected chi connectivity index (χ3v) is 3.79. The number of thioether (sulfide) groups is 1. The van der Waals surface area contributed by atoms with Crippen LogP contribution in [0.25, 0.3) is 0 Å². The van der Waals surface area contributed by atoms with Crippen LogP contribution in [0.5, 0.6) is 0 Å². The molecule has 0 aromatic heterocycles. The molecule has 2 heteroatoms. The van der Waals surface area contributed by atoms with E-state index < -0.39 is 0 Å². The summed E-state index contributed by atoms with van der Waals surface area (Å²) in [5, 5.41) is 4.29. The van der Waals surface area contributed by atoms with Gasteiger partial charge in [0.05, 0.1) is 5.37 Å². The molecule has 1 aliphatic heterocycles. The van der Waals surface area contributed by atoms with Crippen LogP contribution in [0.3, 0.4) is 0 Å². The zero-order valence-corrected chi connectivity index (χ0v) is 7.87. The number of hydrogen-bond acceptors (Lipinski definition) is 2. The van der Waals surface area contributed by atoms with Gasteiger partial charge in [-0.1, -0.05) is 20.3 Å². The van der Waals surface area contributed by atoms with E-state index in [1.165, 1.54) is 12.2 Å². The van der Waals surface area contributed by atoms with Gasteiger partial charge in [0.1, 0.15) is 0 Å². The largest absolute Gasteiger partial charge is 0.302 e. The Bertz CT molecular complexity index is 105. The molecule has 1 heterocycles. The van der Waals surface area contributed by atoms with Crippen molar-refractivity contribution in [3.05, 3.63) is 0 Å². The van der Waals surface area contributed by atoms with Crippen LogP contribution < -0.4 is 5.32 Å². The van der Waals surface area contributed by atoms with Crippen LogP contribution in [-0.2, 0) is 0 Å². The molecule has 3 atom stereocenters. The lowest BCUT2D eigenvalue weighted by atomic mass is 10.1. The van der Waals surface area contributed by atoms with Gasteiger partial charge in [-0.3, -0.25) is 0 Å². The molecule has 1 nitrogen and oxygen atoms in total. The van der Waals surface area contributed by atoms with Gasteiger partial charge in [-0.15, -0.1) is 11.8 Å². The molecule has 0 amide bonds. The van der Waals surface area contributed by atoms with Crippen LogP contribution in [0.4, 0.5) is 0 Å². The first-order valence-corrected chi connectivity index (χ1v) is 5.16. The van der Waals surface area contributed by atoms with E-state index in [2.05, 4.69) is 37.8 Å². The lowest BCUT2D eigenvalue weighted by Gasteiger charge is -2.16. The summed E-state index contributed by atoms with van der Waals surface area (Å²) in [4.78, 5) is 0. The second-order valence-electron chi connectivity index (χ2n) is 3.21. The maximum absolute atomic E-state index is 3.57. The fourth-order valence-corrected chi connectivity index (χ4v) is 2.61. The highest BCUT2D eigenvalue weighted by atomic mass is 32.2. The van der Waals surface area contributed by atoms with Gasteiger partial charge >= 0.3 is 0 Å². The summed E-state index contributed by atoms with van der Waals surface area (Å²) in [7, 11) is 0. The Morgan fingerprint density at radius 1 is 1.70 bits per heavy atom. The summed E-state index contributed by atoms with van der Waals surface area (Å²) in [6.45, 7) is 6.84. The molecule has 1 aliphatic rings. The Morgan fingerprint density at radius 3 is 2.80 bits per heavy atom. The fourth-order valence-electron chi connectivity index (χ4n) is 1.17. The summed E-state index contributed by atoms with van der Waals surface area (Å²) in [5.74, 6) is 2.12. The van der Waals surface area contributed by atoms with Gasteiger partial charge in [0, 0.05) is 11.8 Å². The van der Waals surface area contributed by atoms with Gasteiger partial charge in [0.25, 0.3) is 0 Å². The summed E-state index contributed by atoms with van der Waals surface area (Å²) >= 11 is 2.07. The zero-order chi connectivity index (χ0) is 7.56. The van der Waals surface area contributed by atoms with E-state index in [-0.39, 0.29) is 0 Å². The first-order chi connectivity index (χ1) is 4.74. The zero-order valence-electron chi connectivity index (χ0n) is 7.05. The summed E-state index contributed by atoms with van der Waals surface area (Å²) in [6.07, 6.45) is 1.29. The molecule has 3 unspecified atom stereocenters. The van der Waals surface area contributed by atoms with Crippen molar-refractivity contribution < 1.29 is 0 Å². The third kappa shape index (κ3) is 1.89. The average Bonchev–Trinajstić information content (AvgIpc) is 2.34. The molecule has 1 fully saturated rings. The minimum absolute atomic E-state index is 0.722. The van der Waals surface area contributed by atoms with Crippen molar-refractivity contribution in [1.82, 2.24) is 5.32 Å². The molecule has 1 N–H and O–H groups in total. The van der Waals surface area contributed by atoms with Crippen LogP contribution in [0.1, 0.15) is 27.2 Å². The standard InChI is InChI=1S/C8H17NS/c1-4-6(2)8-9-7(3)5-10-8/h6-9H,4-5H2,1-3H3. The lowest BCUT2D eigenvalue weighted by molar-refractivity contribution is 0.457. The highest BCUT2D eigenvalue weighted by molar-refractivity contribution is 8.00. The van der Waals surface area contributed by atoms with Gasteiger partial charge < -0.3 is 5.32 Å². The van der Waals surface area contributed by atoms with E-state index in [1.54, 1.807) is 0 Å². The molecule has 0 bridgehead atoms. The number of rotatable bonds is 2. The first kappa shape index (κ1) is 8.41. The van der Waals surface area contributed by atoms with Gasteiger partial charge in [0.2, 0.25) is 0 Å². The molecule has 0 saturated carbocycles. The van der Waals surface area contributed by atoms with Crippen molar-refractivity contribution in [2.75, 3.05) is 5.75 Å². The number of nitrogens with one attached hydrogen (secondary N) is 1. The summed E-state index contributed by atoms with van der Waals surface area (Å²) in [5.41, 5.74) is 0. The molecule has 0 aromatic rings. The predicted octanol–water partition coefficient (Wildman–Crippen LogP) is 2.08. The highest BCUT2D eigenvalue weighted by Crippen LogP contribution is 2.26. The van der Waals surface area contributed by atoms with E-state index in [0.29, 0.717) is 0 Å². The molecular formula is C8H17NS.